The van der Waals surface area contributed by atoms with Crippen LogP contribution in [0.1, 0.15) is 10.4 Å². The number of carbonyl (C=O) groups is 1. The molecule has 2 N–H and O–H groups in total. The van der Waals surface area contributed by atoms with E-state index in [1.807, 2.05) is 0 Å². The minimum Gasteiger partial charge on any atom is -0.497 e. The summed E-state index contributed by atoms with van der Waals surface area (Å²) in [6, 6.07) is 13.5. The molecule has 0 bridgehead atoms. The number of nitrogens with zero attached hydrogens (tertiary/aromatic N) is 1. The number of ether oxygens (including phenoxy) is 2. The van der Waals surface area contributed by atoms with Crippen molar-refractivity contribution in [2.24, 2.45) is 0 Å². The van der Waals surface area contributed by atoms with Crippen molar-refractivity contribution in [2.45, 2.75) is 4.90 Å². The van der Waals surface area contributed by atoms with Gasteiger partial charge in [-0.25, -0.2) is 8.42 Å². The molecule has 1 amide bonds. The van der Waals surface area contributed by atoms with Gasteiger partial charge in [-0.05, 0) is 42.5 Å². The lowest BCUT2D eigenvalue weighted by molar-refractivity contribution is -0.384. The highest BCUT2D eigenvalue weighted by Crippen LogP contribution is 2.31. The Morgan fingerprint density at radius 3 is 2.30 bits per heavy atom. The molecule has 172 valence electrons. The SMILES string of the molecule is COc1ccc(NS(=O)(=O)c2ccc(NC(=O)c3cc([N+](=O)[O-])ccc3Cl)cc2)c(OC)c1. The summed E-state index contributed by atoms with van der Waals surface area (Å²) in [5, 5.41) is 13.5. The molecule has 10 nitrogen and oxygen atoms in total. The number of sulfonamides is 1. The van der Waals surface area contributed by atoms with Crippen molar-refractivity contribution in [3.05, 3.63) is 81.4 Å². The number of carbonyl (C=O) groups excluding carboxylic acids is 1. The van der Waals surface area contributed by atoms with Crippen LogP contribution in [0.4, 0.5) is 17.1 Å². The summed E-state index contributed by atoms with van der Waals surface area (Å²) < 4.78 is 38.3. The molecule has 0 saturated heterocycles. The number of nitro groups is 1. The molecule has 3 aromatic carbocycles. The number of amides is 1. The fourth-order valence-electron chi connectivity index (χ4n) is 2.80. The molecule has 0 unspecified atom stereocenters. The predicted octanol–water partition coefficient (Wildman–Crippen LogP) is 4.32. The molecule has 0 atom stereocenters. The number of rotatable bonds is 8. The van der Waals surface area contributed by atoms with E-state index in [0.29, 0.717) is 5.75 Å². The molecule has 0 heterocycles. The molecule has 0 aromatic heterocycles. The summed E-state index contributed by atoms with van der Waals surface area (Å²) >= 11 is 5.98. The second kappa shape index (κ2) is 9.76. The highest BCUT2D eigenvalue weighted by Gasteiger charge is 2.19. The zero-order valence-electron chi connectivity index (χ0n) is 17.4. The van der Waals surface area contributed by atoms with Crippen LogP contribution in [-0.4, -0.2) is 33.5 Å². The van der Waals surface area contributed by atoms with Gasteiger partial charge >= 0.3 is 0 Å². The van der Waals surface area contributed by atoms with Crippen LogP contribution in [0.25, 0.3) is 0 Å². The number of nitro benzene ring substituents is 1. The molecule has 12 heteroatoms. The maximum Gasteiger partial charge on any atom is 0.270 e. The maximum absolute atomic E-state index is 12.8. The first kappa shape index (κ1) is 23.8. The van der Waals surface area contributed by atoms with Crippen LogP contribution in [0.2, 0.25) is 5.02 Å². The number of methoxy groups -OCH3 is 2. The first-order valence-electron chi connectivity index (χ1n) is 9.25. The summed E-state index contributed by atoms with van der Waals surface area (Å²) in [7, 11) is -1.09. The number of non-ortho nitro benzene ring substituents is 1. The molecule has 0 aliphatic carbocycles. The largest absolute Gasteiger partial charge is 0.497 e. The minimum absolute atomic E-state index is 0.0370. The van der Waals surface area contributed by atoms with E-state index in [-0.39, 0.29) is 38.3 Å². The number of anilines is 2. The van der Waals surface area contributed by atoms with Crippen molar-refractivity contribution in [3.8, 4) is 11.5 Å². The van der Waals surface area contributed by atoms with E-state index in [1.165, 1.54) is 62.8 Å². The van der Waals surface area contributed by atoms with Gasteiger partial charge in [-0.1, -0.05) is 11.6 Å². The van der Waals surface area contributed by atoms with Gasteiger partial charge < -0.3 is 14.8 Å². The highest BCUT2D eigenvalue weighted by molar-refractivity contribution is 7.92. The van der Waals surface area contributed by atoms with E-state index < -0.39 is 20.9 Å². The molecular formula is C21H18ClN3O7S. The Morgan fingerprint density at radius 2 is 1.70 bits per heavy atom. The molecule has 0 fully saturated rings. The Morgan fingerprint density at radius 1 is 1.00 bits per heavy atom. The van der Waals surface area contributed by atoms with Gasteiger partial charge in [0.2, 0.25) is 0 Å². The van der Waals surface area contributed by atoms with Crippen LogP contribution in [0.3, 0.4) is 0 Å². The van der Waals surface area contributed by atoms with Crippen LogP contribution < -0.4 is 19.5 Å². The smallest absolute Gasteiger partial charge is 0.270 e. The van der Waals surface area contributed by atoms with Gasteiger partial charge in [0.05, 0.1) is 40.3 Å². The fraction of sp³-hybridized carbons (Fsp3) is 0.0952. The second-order valence-corrected chi connectivity index (χ2v) is 8.66. The third-order valence-corrected chi connectivity index (χ3v) is 6.19. The van der Waals surface area contributed by atoms with Gasteiger partial charge in [0.25, 0.3) is 21.6 Å². The number of hydrogen-bond donors (Lipinski definition) is 2. The second-order valence-electron chi connectivity index (χ2n) is 6.57. The van der Waals surface area contributed by atoms with E-state index in [2.05, 4.69) is 10.0 Å². The lowest BCUT2D eigenvalue weighted by Gasteiger charge is -2.13. The van der Waals surface area contributed by atoms with Gasteiger partial charge in [0.15, 0.2) is 0 Å². The van der Waals surface area contributed by atoms with Gasteiger partial charge in [-0.2, -0.15) is 0 Å². The van der Waals surface area contributed by atoms with Gasteiger partial charge in [0, 0.05) is 23.9 Å². The molecule has 0 aliphatic rings. The Kier molecular flexibility index (Phi) is 7.04. The average Bonchev–Trinajstić information content (AvgIpc) is 2.79. The first-order chi connectivity index (χ1) is 15.6. The van der Waals surface area contributed by atoms with Crippen molar-refractivity contribution >= 4 is 44.6 Å². The Labute approximate surface area is 194 Å². The normalized spacial score (nSPS) is 10.9. The molecule has 0 spiro atoms. The number of benzene rings is 3. The van der Waals surface area contributed by atoms with Gasteiger partial charge in [-0.3, -0.25) is 19.6 Å². The Hall–Kier alpha value is -3.83. The highest BCUT2D eigenvalue weighted by atomic mass is 35.5. The van der Waals surface area contributed by atoms with Crippen LogP contribution in [0.5, 0.6) is 11.5 Å². The fourth-order valence-corrected chi connectivity index (χ4v) is 4.08. The molecule has 3 aromatic rings. The summed E-state index contributed by atoms with van der Waals surface area (Å²) in [5.41, 5.74) is 0.112. The molecular weight excluding hydrogens is 474 g/mol. The van der Waals surface area contributed by atoms with Crippen molar-refractivity contribution < 1.29 is 27.6 Å². The zero-order chi connectivity index (χ0) is 24.2. The van der Waals surface area contributed by atoms with Crippen molar-refractivity contribution in [2.75, 3.05) is 24.3 Å². The summed E-state index contributed by atoms with van der Waals surface area (Å²) in [5.74, 6) is 0.0924. The quantitative estimate of drug-likeness (QED) is 0.353. The van der Waals surface area contributed by atoms with E-state index in [4.69, 9.17) is 21.1 Å². The average molecular weight is 492 g/mol. The van der Waals surface area contributed by atoms with Crippen LogP contribution >= 0.6 is 11.6 Å². The van der Waals surface area contributed by atoms with Crippen molar-refractivity contribution in [3.63, 3.8) is 0 Å². The Bertz CT molecular complexity index is 1310. The van der Waals surface area contributed by atoms with Crippen molar-refractivity contribution in [1.29, 1.82) is 0 Å². The van der Waals surface area contributed by atoms with E-state index in [0.717, 1.165) is 6.07 Å². The summed E-state index contributed by atoms with van der Waals surface area (Å²) in [4.78, 5) is 22.7. The molecule has 0 radical (unpaired) electrons. The number of halogens is 1. The van der Waals surface area contributed by atoms with Gasteiger partial charge in [0.1, 0.15) is 11.5 Å². The van der Waals surface area contributed by atoms with E-state index in [9.17, 15) is 23.3 Å². The predicted molar refractivity (Wildman–Crippen MR) is 123 cm³/mol. The lowest BCUT2D eigenvalue weighted by atomic mass is 10.2. The number of nitrogens with one attached hydrogen (secondary N) is 2. The third-order valence-electron chi connectivity index (χ3n) is 4.48. The molecule has 0 aliphatic heterocycles. The monoisotopic (exact) mass is 491 g/mol. The summed E-state index contributed by atoms with van der Waals surface area (Å²) in [6.07, 6.45) is 0. The summed E-state index contributed by atoms with van der Waals surface area (Å²) in [6.45, 7) is 0. The molecule has 0 saturated carbocycles. The molecule has 3 rings (SSSR count). The van der Waals surface area contributed by atoms with Crippen molar-refractivity contribution in [1.82, 2.24) is 0 Å². The first-order valence-corrected chi connectivity index (χ1v) is 11.1. The molecule has 33 heavy (non-hydrogen) atoms. The van der Waals surface area contributed by atoms with Crippen LogP contribution in [0.15, 0.2) is 65.6 Å². The minimum atomic E-state index is -3.96. The van der Waals surface area contributed by atoms with Crippen LogP contribution in [0, 0.1) is 10.1 Å². The third kappa shape index (κ3) is 5.51. The van der Waals surface area contributed by atoms with E-state index >= 15 is 0 Å². The Balaban J connectivity index is 1.78. The standard InChI is InChI=1S/C21H18ClN3O7S/c1-31-15-6-10-19(20(12-15)32-2)24-33(29,30)16-7-3-13(4-8-16)23-21(26)17-11-14(25(27)28)5-9-18(17)22/h3-12,24H,1-2H3,(H,23,26). The van der Waals surface area contributed by atoms with E-state index in [1.54, 1.807) is 6.07 Å². The number of hydrogen-bond acceptors (Lipinski definition) is 7. The maximum atomic E-state index is 12.8. The zero-order valence-corrected chi connectivity index (χ0v) is 18.9. The topological polar surface area (TPSA) is 137 Å². The van der Waals surface area contributed by atoms with Crippen LogP contribution in [-0.2, 0) is 10.0 Å². The lowest BCUT2D eigenvalue weighted by Crippen LogP contribution is -2.15. The van der Waals surface area contributed by atoms with Gasteiger partial charge in [-0.15, -0.1) is 0 Å².